The second-order valence-electron chi connectivity index (χ2n) is 8.79. The molecule has 0 spiro atoms. The highest BCUT2D eigenvalue weighted by molar-refractivity contribution is 7.59. The van der Waals surface area contributed by atoms with Gasteiger partial charge in [-0.2, -0.15) is 31.4 Å². The minimum atomic E-state index is -0.526. The van der Waals surface area contributed by atoms with Crippen molar-refractivity contribution in [3.63, 3.8) is 0 Å². The number of nitrogens with zero attached hydrogens (tertiary/aromatic N) is 2. The first-order chi connectivity index (χ1) is 13.3. The molecule has 2 aromatic rings. The van der Waals surface area contributed by atoms with Gasteiger partial charge in [-0.25, -0.2) is 4.79 Å². The van der Waals surface area contributed by atoms with E-state index in [1.165, 1.54) is 18.0 Å². The number of benzene rings is 1. The molecule has 4 rings (SSSR count). The third kappa shape index (κ3) is 5.06. The molecule has 0 radical (unpaired) electrons. The molecule has 1 saturated carbocycles. The minimum Gasteiger partial charge on any atom is -0.444 e. The number of hydrogen-bond acceptors (Lipinski definition) is 5. The normalized spacial score (nSPS) is 22.8. The van der Waals surface area contributed by atoms with Crippen LogP contribution in [0.1, 0.15) is 50.5 Å². The van der Waals surface area contributed by atoms with Crippen molar-refractivity contribution in [1.29, 1.82) is 0 Å². The van der Waals surface area contributed by atoms with Crippen molar-refractivity contribution in [3.05, 3.63) is 30.0 Å². The van der Waals surface area contributed by atoms with E-state index in [4.69, 9.17) is 4.74 Å². The van der Waals surface area contributed by atoms with Crippen LogP contribution >= 0.6 is 38.5 Å². The van der Waals surface area contributed by atoms with E-state index in [0.29, 0.717) is 24.1 Å². The maximum absolute atomic E-state index is 12.8. The summed E-state index contributed by atoms with van der Waals surface area (Å²) < 4.78 is 11.0. The van der Waals surface area contributed by atoms with E-state index in [1.54, 1.807) is 0 Å². The second-order valence-corrected chi connectivity index (χ2v) is 9.60. The lowest BCUT2D eigenvalue weighted by Crippen LogP contribution is -2.47. The van der Waals surface area contributed by atoms with Crippen LogP contribution in [-0.4, -0.2) is 46.0 Å². The van der Waals surface area contributed by atoms with Crippen LogP contribution in [0.3, 0.4) is 0 Å². The first-order valence-electron chi connectivity index (χ1n) is 9.96. The van der Waals surface area contributed by atoms with E-state index >= 15 is 0 Å². The molecular formula is C21H31N3O3S3. The number of rotatable bonds is 3. The Morgan fingerprint density at radius 1 is 1.23 bits per heavy atom. The molecule has 0 unspecified atom stereocenters. The summed E-state index contributed by atoms with van der Waals surface area (Å²) in [6.45, 7) is 6.80. The molecule has 2 heterocycles. The van der Waals surface area contributed by atoms with Gasteiger partial charge in [0.05, 0.1) is 10.7 Å². The predicted molar refractivity (Wildman–Crippen MR) is 130 cm³/mol. The monoisotopic (exact) mass is 469 g/mol. The Labute approximate surface area is 195 Å². The molecule has 3 atom stereocenters. The molecule has 166 valence electrons. The van der Waals surface area contributed by atoms with Gasteiger partial charge in [-0.3, -0.25) is 4.79 Å². The fourth-order valence-electron chi connectivity index (χ4n) is 4.54. The lowest BCUT2D eigenvalue weighted by Gasteiger charge is -2.30. The van der Waals surface area contributed by atoms with E-state index in [1.807, 2.05) is 49.9 Å². The maximum Gasteiger partial charge on any atom is 0.410 e. The Hall–Kier alpha value is -1.45. The maximum atomic E-state index is 12.8. The molecule has 2 fully saturated rings. The molecule has 1 aliphatic carbocycles. The van der Waals surface area contributed by atoms with Crippen molar-refractivity contribution in [2.45, 2.75) is 51.7 Å². The number of amides is 2. The zero-order valence-corrected chi connectivity index (χ0v) is 20.4. The first kappa shape index (κ1) is 24.8. The summed E-state index contributed by atoms with van der Waals surface area (Å²) >= 11 is 1.33. The van der Waals surface area contributed by atoms with Crippen LogP contribution in [0, 0.1) is 11.8 Å². The van der Waals surface area contributed by atoms with Gasteiger partial charge >= 0.3 is 6.09 Å². The lowest BCUT2D eigenvalue weighted by atomic mass is 9.94. The Balaban J connectivity index is 0.00000160. The van der Waals surface area contributed by atoms with Crippen LogP contribution in [0.25, 0.3) is 10.1 Å². The summed E-state index contributed by atoms with van der Waals surface area (Å²) in [6.07, 6.45) is 3.16. The summed E-state index contributed by atoms with van der Waals surface area (Å²) in [7, 11) is 0. The summed E-state index contributed by atoms with van der Waals surface area (Å²) in [4.78, 5) is 27.3. The summed E-state index contributed by atoms with van der Waals surface area (Å²) in [5.74, 6) is 0.762. The third-order valence-electron chi connectivity index (χ3n) is 5.74. The van der Waals surface area contributed by atoms with Gasteiger partial charge < -0.3 is 15.0 Å². The van der Waals surface area contributed by atoms with E-state index in [-0.39, 0.29) is 45.0 Å². The topological polar surface area (TPSA) is 71.5 Å². The van der Waals surface area contributed by atoms with Crippen LogP contribution in [0.15, 0.2) is 24.3 Å². The number of ether oxygens (including phenoxy) is 1. The summed E-state index contributed by atoms with van der Waals surface area (Å²) in [5.41, 5.74) is -0.0624. The molecule has 2 aliphatic rings. The zero-order chi connectivity index (χ0) is 19.9. The zero-order valence-electron chi connectivity index (χ0n) is 17.6. The van der Waals surface area contributed by atoms with Gasteiger partial charge in [0.25, 0.3) is 5.91 Å². The number of fused-ring (bicyclic) bond motifs is 2. The smallest absolute Gasteiger partial charge is 0.410 e. The van der Waals surface area contributed by atoms with Gasteiger partial charge in [0, 0.05) is 18.5 Å². The predicted octanol–water partition coefficient (Wildman–Crippen LogP) is 4.29. The molecule has 1 aromatic carbocycles. The standard InChI is InChI=1S/C21H27N3O3S.2H2S/c1-21(2,3)27-20(26)24-12-13-7-6-9-14(13)16(24)11-22-19(25)18-15-8-4-5-10-17(15)28-23-18;;/h4-5,8,10,13-14,16H,6-7,9,11-12H2,1-3H3,(H,22,25);2*1H2/t13-,14-,16+;;/m0../s1. The second kappa shape index (κ2) is 9.78. The SMILES string of the molecule is CC(C)(C)OC(=O)N1C[C@@H]2CCC[C@@H]2[C@H]1CNC(=O)c1nsc2ccccc12.S.S. The first-order valence-corrected chi connectivity index (χ1v) is 10.7. The van der Waals surface area contributed by atoms with E-state index in [0.717, 1.165) is 29.5 Å². The molecule has 2 amide bonds. The van der Waals surface area contributed by atoms with Gasteiger partial charge in [0.2, 0.25) is 0 Å². The molecule has 9 heteroatoms. The molecule has 6 nitrogen and oxygen atoms in total. The van der Waals surface area contributed by atoms with Gasteiger partial charge in [0.15, 0.2) is 0 Å². The highest BCUT2D eigenvalue weighted by Gasteiger charge is 2.47. The molecule has 1 aromatic heterocycles. The Kier molecular flexibility index (Phi) is 8.09. The molecule has 1 aliphatic heterocycles. The number of carbonyl (C=O) groups is 2. The Morgan fingerprint density at radius 2 is 1.97 bits per heavy atom. The average Bonchev–Trinajstić information content (AvgIpc) is 3.32. The van der Waals surface area contributed by atoms with Crippen molar-refractivity contribution in [3.8, 4) is 0 Å². The fourth-order valence-corrected chi connectivity index (χ4v) is 5.31. The van der Waals surface area contributed by atoms with Crippen LogP contribution < -0.4 is 5.32 Å². The van der Waals surface area contributed by atoms with E-state index in [2.05, 4.69) is 9.69 Å². The van der Waals surface area contributed by atoms with Crippen molar-refractivity contribution in [2.75, 3.05) is 13.1 Å². The number of hydrogen-bond donors (Lipinski definition) is 1. The molecule has 1 N–H and O–H groups in total. The number of likely N-dealkylation sites (tertiary alicyclic amines) is 1. The molecule has 0 bridgehead atoms. The summed E-state index contributed by atoms with van der Waals surface area (Å²) in [6, 6.07) is 7.73. The Bertz CT molecular complexity index is 896. The average molecular weight is 470 g/mol. The number of carbonyl (C=O) groups excluding carboxylic acids is 2. The Morgan fingerprint density at radius 3 is 2.70 bits per heavy atom. The van der Waals surface area contributed by atoms with Gasteiger partial charge in [-0.05, 0) is 63.0 Å². The minimum absolute atomic E-state index is 0. The van der Waals surface area contributed by atoms with Crippen molar-refractivity contribution in [1.82, 2.24) is 14.6 Å². The van der Waals surface area contributed by atoms with E-state index in [9.17, 15) is 9.59 Å². The largest absolute Gasteiger partial charge is 0.444 e. The van der Waals surface area contributed by atoms with E-state index < -0.39 is 5.60 Å². The van der Waals surface area contributed by atoms with Crippen molar-refractivity contribution >= 4 is 60.6 Å². The highest BCUT2D eigenvalue weighted by Crippen LogP contribution is 2.42. The molecule has 1 saturated heterocycles. The van der Waals surface area contributed by atoms with Gasteiger partial charge in [0.1, 0.15) is 11.3 Å². The molecular weight excluding hydrogens is 438 g/mol. The van der Waals surface area contributed by atoms with Crippen molar-refractivity contribution in [2.24, 2.45) is 11.8 Å². The number of nitrogens with one attached hydrogen (secondary N) is 1. The lowest BCUT2D eigenvalue weighted by molar-refractivity contribution is 0.0200. The molecule has 30 heavy (non-hydrogen) atoms. The van der Waals surface area contributed by atoms with Crippen LogP contribution in [-0.2, 0) is 4.74 Å². The van der Waals surface area contributed by atoms with Gasteiger partial charge in [-0.15, -0.1) is 0 Å². The third-order valence-corrected chi connectivity index (χ3v) is 6.56. The van der Waals surface area contributed by atoms with Crippen LogP contribution in [0.5, 0.6) is 0 Å². The van der Waals surface area contributed by atoms with Crippen LogP contribution in [0.2, 0.25) is 0 Å². The number of aromatic nitrogens is 1. The highest BCUT2D eigenvalue weighted by atomic mass is 32.1. The summed E-state index contributed by atoms with van der Waals surface area (Å²) in [5, 5.41) is 3.91. The quantitative estimate of drug-likeness (QED) is 0.728. The fraction of sp³-hybridized carbons (Fsp3) is 0.571. The van der Waals surface area contributed by atoms with Crippen molar-refractivity contribution < 1.29 is 14.3 Å². The van der Waals surface area contributed by atoms with Gasteiger partial charge in [-0.1, -0.05) is 24.6 Å². The van der Waals surface area contributed by atoms with Crippen LogP contribution in [0.4, 0.5) is 4.79 Å².